The monoisotopic (exact) mass is 447 g/mol. The second-order valence-electron chi connectivity index (χ2n) is 5.79. The van der Waals surface area contributed by atoms with Crippen LogP contribution < -0.4 is 4.72 Å². The minimum absolute atomic E-state index is 0.0787. The van der Waals surface area contributed by atoms with Crippen molar-refractivity contribution >= 4 is 27.4 Å². The minimum atomic E-state index is -4.47. The molecule has 1 N–H and O–H groups in total. The van der Waals surface area contributed by atoms with Gasteiger partial charge < -0.3 is 4.52 Å². The van der Waals surface area contributed by atoms with E-state index in [1.807, 2.05) is 0 Å². The first-order valence-corrected chi connectivity index (χ1v) is 10.1. The van der Waals surface area contributed by atoms with Gasteiger partial charge in [0, 0.05) is 5.56 Å². The molecule has 154 valence electrons. The summed E-state index contributed by atoms with van der Waals surface area (Å²) in [6.45, 7) is 1.80. The van der Waals surface area contributed by atoms with Crippen molar-refractivity contribution in [2.24, 2.45) is 0 Å². The zero-order valence-corrected chi connectivity index (χ0v) is 16.3. The summed E-state index contributed by atoms with van der Waals surface area (Å²) >= 11 is 6.07. The molecule has 0 saturated carbocycles. The fourth-order valence-electron chi connectivity index (χ4n) is 2.31. The average molecular weight is 448 g/mol. The van der Waals surface area contributed by atoms with Crippen LogP contribution in [-0.2, 0) is 28.4 Å². The lowest BCUT2D eigenvalue weighted by Crippen LogP contribution is -2.17. The predicted octanol–water partition coefficient (Wildman–Crippen LogP) is 3.70. The lowest BCUT2D eigenvalue weighted by molar-refractivity contribution is -0.137. The quantitative estimate of drug-likeness (QED) is 0.613. The molecule has 0 radical (unpaired) electrons. The number of nitrogens with zero attached hydrogens (tertiary/aromatic N) is 4. The van der Waals surface area contributed by atoms with Crippen molar-refractivity contribution in [1.29, 1.82) is 0 Å². The zero-order chi connectivity index (χ0) is 21.2. The van der Waals surface area contributed by atoms with Gasteiger partial charge in [-0.3, -0.25) is 4.72 Å². The largest absolute Gasteiger partial charge is 0.416 e. The number of alkyl halides is 3. The molecular weight excluding hydrogens is 435 g/mol. The van der Waals surface area contributed by atoms with Gasteiger partial charge in [0.15, 0.2) is 11.6 Å². The molecule has 0 spiro atoms. The van der Waals surface area contributed by atoms with E-state index in [1.165, 1.54) is 6.33 Å². The van der Waals surface area contributed by atoms with E-state index in [1.54, 1.807) is 6.92 Å². The number of anilines is 1. The Morgan fingerprint density at radius 3 is 2.48 bits per heavy atom. The maximum atomic E-state index is 12.6. The van der Waals surface area contributed by atoms with Crippen LogP contribution in [-0.4, -0.2) is 28.5 Å². The summed E-state index contributed by atoms with van der Waals surface area (Å²) in [4.78, 5) is 11.7. The summed E-state index contributed by atoms with van der Waals surface area (Å²) in [5.41, 5.74) is -0.141. The normalized spacial score (nSPS) is 12.2. The Hall–Kier alpha value is -2.73. The van der Waals surface area contributed by atoms with Crippen molar-refractivity contribution < 1.29 is 26.1 Å². The minimum Gasteiger partial charge on any atom is -0.334 e. The number of hydrogen-bond acceptors (Lipinski definition) is 7. The molecule has 2 heterocycles. The Morgan fingerprint density at radius 1 is 1.17 bits per heavy atom. The van der Waals surface area contributed by atoms with E-state index < -0.39 is 27.5 Å². The summed E-state index contributed by atoms with van der Waals surface area (Å²) in [7, 11) is -3.99. The lowest BCUT2D eigenvalue weighted by atomic mass is 10.1. The molecule has 13 heteroatoms. The highest BCUT2D eigenvalue weighted by Gasteiger charge is 2.30. The summed E-state index contributed by atoms with van der Waals surface area (Å²) in [5, 5.41) is 3.63. The number of sulfonamides is 1. The van der Waals surface area contributed by atoms with Gasteiger partial charge in [-0.2, -0.15) is 18.2 Å². The molecule has 0 aliphatic rings. The standard InChI is InChI=1S/C16H13ClF3N5O3S/c1-2-11-13(17)14(22-8-21-11)25-29(26,27)7-12-23-15(28-24-12)9-3-5-10(6-4-9)16(18,19)20/h3-6,8H,2,7H2,1H3,(H,21,22,25). The molecule has 0 bridgehead atoms. The van der Waals surface area contributed by atoms with Crippen LogP contribution in [0.15, 0.2) is 35.1 Å². The number of nitrogens with one attached hydrogen (secondary N) is 1. The molecule has 0 aliphatic heterocycles. The Morgan fingerprint density at radius 2 is 1.86 bits per heavy atom. The number of halogens is 4. The highest BCUT2D eigenvalue weighted by atomic mass is 35.5. The first-order chi connectivity index (χ1) is 13.6. The van der Waals surface area contributed by atoms with E-state index in [0.717, 1.165) is 24.3 Å². The molecule has 0 atom stereocenters. The maximum absolute atomic E-state index is 12.6. The van der Waals surface area contributed by atoms with E-state index in [9.17, 15) is 21.6 Å². The molecule has 2 aromatic heterocycles. The molecule has 0 amide bonds. The SMILES string of the molecule is CCc1ncnc(NS(=O)(=O)Cc2noc(-c3ccc(C(F)(F)F)cc3)n2)c1Cl. The van der Waals surface area contributed by atoms with Gasteiger partial charge in [0.05, 0.1) is 11.3 Å². The second-order valence-corrected chi connectivity index (χ2v) is 7.89. The van der Waals surface area contributed by atoms with Gasteiger partial charge in [0.2, 0.25) is 10.0 Å². The van der Waals surface area contributed by atoms with Crippen LogP contribution in [0.1, 0.15) is 24.0 Å². The molecule has 8 nitrogen and oxygen atoms in total. The molecule has 29 heavy (non-hydrogen) atoms. The van der Waals surface area contributed by atoms with Gasteiger partial charge >= 0.3 is 6.18 Å². The molecule has 0 fully saturated rings. The van der Waals surface area contributed by atoms with E-state index in [0.29, 0.717) is 12.1 Å². The fourth-order valence-corrected chi connectivity index (χ4v) is 3.62. The van der Waals surface area contributed by atoms with Crippen molar-refractivity contribution in [3.63, 3.8) is 0 Å². The van der Waals surface area contributed by atoms with Gasteiger partial charge in [-0.25, -0.2) is 18.4 Å². The van der Waals surface area contributed by atoms with Crippen LogP contribution in [0.5, 0.6) is 0 Å². The second kappa shape index (κ2) is 7.95. The summed E-state index contributed by atoms with van der Waals surface area (Å²) in [6, 6.07) is 4.03. The van der Waals surface area contributed by atoms with E-state index >= 15 is 0 Å². The maximum Gasteiger partial charge on any atom is 0.416 e. The summed E-state index contributed by atoms with van der Waals surface area (Å²) in [5.74, 6) is -1.03. The number of aryl methyl sites for hydroxylation is 1. The van der Waals surface area contributed by atoms with Gasteiger partial charge in [0.1, 0.15) is 17.1 Å². The number of rotatable bonds is 6. The van der Waals surface area contributed by atoms with Crippen LogP contribution in [0.2, 0.25) is 5.02 Å². The molecule has 1 aromatic carbocycles. The van der Waals surface area contributed by atoms with Gasteiger partial charge in [0.25, 0.3) is 5.89 Å². The third-order valence-electron chi connectivity index (χ3n) is 3.70. The third kappa shape index (κ3) is 5.01. The molecule has 0 saturated heterocycles. The van der Waals surface area contributed by atoms with Gasteiger partial charge in [-0.05, 0) is 30.7 Å². The van der Waals surface area contributed by atoms with E-state index in [2.05, 4.69) is 24.8 Å². The highest BCUT2D eigenvalue weighted by molar-refractivity contribution is 7.91. The molecule has 0 aliphatic carbocycles. The molecule has 0 unspecified atom stereocenters. The molecule has 3 rings (SSSR count). The van der Waals surface area contributed by atoms with Crippen LogP contribution in [0.4, 0.5) is 19.0 Å². The third-order valence-corrected chi connectivity index (χ3v) is 5.23. The Kier molecular flexibility index (Phi) is 5.75. The average Bonchev–Trinajstić information content (AvgIpc) is 3.10. The van der Waals surface area contributed by atoms with Crippen molar-refractivity contribution in [1.82, 2.24) is 20.1 Å². The van der Waals surface area contributed by atoms with Crippen molar-refractivity contribution in [3.8, 4) is 11.5 Å². The van der Waals surface area contributed by atoms with Crippen LogP contribution in [0, 0.1) is 0 Å². The number of hydrogen-bond donors (Lipinski definition) is 1. The smallest absolute Gasteiger partial charge is 0.334 e. The van der Waals surface area contributed by atoms with Crippen LogP contribution in [0.3, 0.4) is 0 Å². The molecule has 3 aromatic rings. The van der Waals surface area contributed by atoms with Gasteiger partial charge in [-0.1, -0.05) is 23.7 Å². The topological polar surface area (TPSA) is 111 Å². The Bertz CT molecular complexity index is 1120. The van der Waals surface area contributed by atoms with Crippen LogP contribution >= 0.6 is 11.6 Å². The lowest BCUT2D eigenvalue weighted by Gasteiger charge is -2.08. The van der Waals surface area contributed by atoms with E-state index in [4.69, 9.17) is 16.1 Å². The van der Waals surface area contributed by atoms with E-state index in [-0.39, 0.29) is 28.1 Å². The first-order valence-electron chi connectivity index (χ1n) is 8.09. The number of aromatic nitrogens is 4. The fraction of sp³-hybridized carbons (Fsp3) is 0.250. The first kappa shape index (κ1) is 21.0. The van der Waals surface area contributed by atoms with Gasteiger partial charge in [-0.15, -0.1) is 0 Å². The highest BCUT2D eigenvalue weighted by Crippen LogP contribution is 2.30. The van der Waals surface area contributed by atoms with Crippen molar-refractivity contribution in [2.75, 3.05) is 4.72 Å². The molecular formula is C16H13ClF3N5O3S. The van der Waals surface area contributed by atoms with Crippen molar-refractivity contribution in [3.05, 3.63) is 52.7 Å². The van der Waals surface area contributed by atoms with Crippen LogP contribution in [0.25, 0.3) is 11.5 Å². The Labute approximate surface area is 168 Å². The van der Waals surface area contributed by atoms with Crippen molar-refractivity contribution in [2.45, 2.75) is 25.3 Å². The number of benzene rings is 1. The Balaban J connectivity index is 1.75. The summed E-state index contributed by atoms with van der Waals surface area (Å²) in [6.07, 6.45) is -2.81. The zero-order valence-electron chi connectivity index (χ0n) is 14.7. The predicted molar refractivity (Wildman–Crippen MR) is 97.4 cm³/mol. The summed E-state index contributed by atoms with van der Waals surface area (Å²) < 4.78 is 69.7.